The molecular weight excluding hydrogens is 344 g/mol. The summed E-state index contributed by atoms with van der Waals surface area (Å²) in [5.74, 6) is -1.45. The highest BCUT2D eigenvalue weighted by Gasteiger charge is 2.18. The standard InChI is InChI=1S/C17H11ClN4O3/c18-11-6-10-5-9(1-2-12(10)19-7-11)8-22-13-3-4-14(23)20-15(13)16(21-22)17(24)25/h1-7H,8H2,(H,20,23)(H,24,25). The summed E-state index contributed by atoms with van der Waals surface area (Å²) in [6, 6.07) is 10.5. The SMILES string of the molecule is O=C(O)c1nn(Cc2ccc3ncc(Cl)cc3c2)c2ccc(O)nc12. The van der Waals surface area contributed by atoms with Gasteiger partial charge in [0, 0.05) is 17.6 Å². The quantitative estimate of drug-likeness (QED) is 0.586. The Morgan fingerprint density at radius 2 is 2.04 bits per heavy atom. The predicted molar refractivity (Wildman–Crippen MR) is 92.0 cm³/mol. The average molecular weight is 355 g/mol. The van der Waals surface area contributed by atoms with E-state index in [4.69, 9.17) is 11.6 Å². The van der Waals surface area contributed by atoms with Gasteiger partial charge in [0.25, 0.3) is 0 Å². The molecule has 2 N–H and O–H groups in total. The summed E-state index contributed by atoms with van der Waals surface area (Å²) in [5.41, 5.74) is 2.20. The van der Waals surface area contributed by atoms with Gasteiger partial charge in [0.1, 0.15) is 5.52 Å². The van der Waals surface area contributed by atoms with Crippen LogP contribution in [0.2, 0.25) is 5.02 Å². The average Bonchev–Trinajstić information content (AvgIpc) is 2.92. The van der Waals surface area contributed by atoms with Crippen LogP contribution in [0.4, 0.5) is 0 Å². The van der Waals surface area contributed by atoms with Gasteiger partial charge in [-0.25, -0.2) is 9.78 Å². The fraction of sp³-hybridized carbons (Fsp3) is 0.0588. The fourth-order valence-electron chi connectivity index (χ4n) is 2.74. The summed E-state index contributed by atoms with van der Waals surface area (Å²) in [7, 11) is 0. The van der Waals surface area contributed by atoms with E-state index in [-0.39, 0.29) is 17.1 Å². The van der Waals surface area contributed by atoms with Gasteiger partial charge in [-0.1, -0.05) is 17.7 Å². The number of aromatic nitrogens is 4. The molecule has 0 bridgehead atoms. The molecule has 3 aromatic heterocycles. The second kappa shape index (κ2) is 5.71. The van der Waals surface area contributed by atoms with Crippen LogP contribution in [-0.2, 0) is 6.54 Å². The molecule has 4 rings (SSSR count). The Hall–Kier alpha value is -3.19. The first-order valence-corrected chi connectivity index (χ1v) is 7.73. The molecular formula is C17H11ClN4O3. The van der Waals surface area contributed by atoms with E-state index in [2.05, 4.69) is 15.1 Å². The van der Waals surface area contributed by atoms with Crippen LogP contribution in [0.5, 0.6) is 5.88 Å². The Balaban J connectivity index is 1.81. The van der Waals surface area contributed by atoms with E-state index in [0.717, 1.165) is 16.5 Å². The van der Waals surface area contributed by atoms with Gasteiger partial charge in [0.15, 0.2) is 5.69 Å². The van der Waals surface area contributed by atoms with E-state index in [1.165, 1.54) is 6.07 Å². The van der Waals surface area contributed by atoms with E-state index in [1.54, 1.807) is 16.9 Å². The van der Waals surface area contributed by atoms with Crippen LogP contribution in [0, 0.1) is 0 Å². The van der Waals surface area contributed by atoms with Crippen molar-refractivity contribution in [1.82, 2.24) is 19.7 Å². The Labute approximate surface area is 146 Å². The van der Waals surface area contributed by atoms with Gasteiger partial charge in [-0.05, 0) is 29.8 Å². The molecule has 3 heterocycles. The Morgan fingerprint density at radius 1 is 1.20 bits per heavy atom. The minimum absolute atomic E-state index is 0.151. The lowest BCUT2D eigenvalue weighted by atomic mass is 10.1. The predicted octanol–water partition coefficient (Wildman–Crippen LogP) is 3.09. The molecule has 7 nitrogen and oxygen atoms in total. The molecule has 0 atom stereocenters. The summed E-state index contributed by atoms with van der Waals surface area (Å²) in [4.78, 5) is 19.5. The molecule has 0 amide bonds. The maximum absolute atomic E-state index is 11.4. The number of halogens is 1. The zero-order valence-corrected chi connectivity index (χ0v) is 13.5. The highest BCUT2D eigenvalue weighted by molar-refractivity contribution is 6.31. The molecule has 1 aromatic carbocycles. The number of aromatic hydroxyl groups is 1. The van der Waals surface area contributed by atoms with Crippen LogP contribution in [0.15, 0.2) is 42.6 Å². The first kappa shape index (κ1) is 15.3. The van der Waals surface area contributed by atoms with Crippen LogP contribution in [0.25, 0.3) is 21.9 Å². The van der Waals surface area contributed by atoms with E-state index in [0.29, 0.717) is 17.1 Å². The number of carboxylic acids is 1. The second-order valence-corrected chi connectivity index (χ2v) is 5.97. The maximum Gasteiger partial charge on any atom is 0.358 e. The van der Waals surface area contributed by atoms with Crippen LogP contribution in [0.1, 0.15) is 16.1 Å². The molecule has 4 aromatic rings. The number of carboxylic acid groups (broad SMARTS) is 1. The summed E-state index contributed by atoms with van der Waals surface area (Å²) >= 11 is 5.99. The lowest BCUT2D eigenvalue weighted by Gasteiger charge is -2.05. The van der Waals surface area contributed by atoms with Gasteiger partial charge in [-0.15, -0.1) is 0 Å². The van der Waals surface area contributed by atoms with Gasteiger partial charge < -0.3 is 10.2 Å². The monoisotopic (exact) mass is 354 g/mol. The molecule has 0 aliphatic heterocycles. The Morgan fingerprint density at radius 3 is 2.84 bits per heavy atom. The van der Waals surface area contributed by atoms with Crippen molar-refractivity contribution in [2.24, 2.45) is 0 Å². The molecule has 25 heavy (non-hydrogen) atoms. The fourth-order valence-corrected chi connectivity index (χ4v) is 2.90. The number of hydrogen-bond donors (Lipinski definition) is 2. The van der Waals surface area contributed by atoms with Gasteiger partial charge in [-0.2, -0.15) is 5.10 Å². The largest absolute Gasteiger partial charge is 0.493 e. The number of carbonyl (C=O) groups is 1. The highest BCUT2D eigenvalue weighted by Crippen LogP contribution is 2.22. The van der Waals surface area contributed by atoms with E-state index in [1.807, 2.05) is 24.3 Å². The Bertz CT molecular complexity index is 1140. The highest BCUT2D eigenvalue weighted by atomic mass is 35.5. The number of fused-ring (bicyclic) bond motifs is 2. The van der Waals surface area contributed by atoms with Crippen molar-refractivity contribution in [3.63, 3.8) is 0 Å². The summed E-state index contributed by atoms with van der Waals surface area (Å²) in [6.07, 6.45) is 1.59. The molecule has 0 radical (unpaired) electrons. The third kappa shape index (κ3) is 2.74. The maximum atomic E-state index is 11.4. The zero-order chi connectivity index (χ0) is 17.6. The van der Waals surface area contributed by atoms with Crippen LogP contribution in [-0.4, -0.2) is 35.9 Å². The number of pyridine rings is 2. The summed E-state index contributed by atoms with van der Waals surface area (Å²) < 4.78 is 1.55. The van der Waals surface area contributed by atoms with Crippen LogP contribution in [0.3, 0.4) is 0 Å². The number of hydrogen-bond acceptors (Lipinski definition) is 5. The number of benzene rings is 1. The van der Waals surface area contributed by atoms with Crippen molar-refractivity contribution in [2.45, 2.75) is 6.54 Å². The molecule has 0 fully saturated rings. The second-order valence-electron chi connectivity index (χ2n) is 5.53. The first-order chi connectivity index (χ1) is 12.0. The van der Waals surface area contributed by atoms with Crippen molar-refractivity contribution in [1.29, 1.82) is 0 Å². The molecule has 124 valence electrons. The molecule has 0 spiro atoms. The number of rotatable bonds is 3. The normalized spacial score (nSPS) is 11.2. The minimum Gasteiger partial charge on any atom is -0.493 e. The molecule has 8 heteroatoms. The van der Waals surface area contributed by atoms with Crippen LogP contribution < -0.4 is 0 Å². The first-order valence-electron chi connectivity index (χ1n) is 7.35. The van der Waals surface area contributed by atoms with Gasteiger partial charge >= 0.3 is 5.97 Å². The third-order valence-corrected chi connectivity index (χ3v) is 4.04. The van der Waals surface area contributed by atoms with Gasteiger partial charge in [0.05, 0.1) is 22.6 Å². The third-order valence-electron chi connectivity index (χ3n) is 3.83. The van der Waals surface area contributed by atoms with Gasteiger partial charge in [0.2, 0.25) is 5.88 Å². The van der Waals surface area contributed by atoms with E-state index in [9.17, 15) is 15.0 Å². The van der Waals surface area contributed by atoms with Crippen LogP contribution >= 0.6 is 11.6 Å². The summed E-state index contributed by atoms with van der Waals surface area (Å²) in [5, 5.41) is 24.4. The number of nitrogens with zero attached hydrogens (tertiary/aromatic N) is 4. The lowest BCUT2D eigenvalue weighted by molar-refractivity contribution is 0.0691. The molecule has 0 unspecified atom stereocenters. The molecule has 0 saturated carbocycles. The molecule has 0 aliphatic carbocycles. The summed E-state index contributed by atoms with van der Waals surface area (Å²) in [6.45, 7) is 0.346. The smallest absolute Gasteiger partial charge is 0.358 e. The molecule has 0 saturated heterocycles. The van der Waals surface area contributed by atoms with E-state index < -0.39 is 5.97 Å². The lowest BCUT2D eigenvalue weighted by Crippen LogP contribution is -2.04. The topological polar surface area (TPSA) is 101 Å². The number of aromatic carboxylic acids is 1. The van der Waals surface area contributed by atoms with E-state index >= 15 is 0 Å². The van der Waals surface area contributed by atoms with Crippen molar-refractivity contribution in [3.05, 3.63) is 58.9 Å². The van der Waals surface area contributed by atoms with Gasteiger partial charge in [-0.3, -0.25) is 9.67 Å². The van der Waals surface area contributed by atoms with Crippen molar-refractivity contribution in [3.8, 4) is 5.88 Å². The van der Waals surface area contributed by atoms with Crippen molar-refractivity contribution in [2.75, 3.05) is 0 Å². The van der Waals surface area contributed by atoms with Crippen molar-refractivity contribution >= 4 is 39.5 Å². The van der Waals surface area contributed by atoms with Crippen molar-refractivity contribution < 1.29 is 15.0 Å². The zero-order valence-electron chi connectivity index (χ0n) is 12.7. The molecule has 0 aliphatic rings. The Kier molecular flexibility index (Phi) is 3.51. The minimum atomic E-state index is -1.20.